The van der Waals surface area contributed by atoms with Crippen molar-refractivity contribution in [3.8, 4) is 6.07 Å². The number of ether oxygens (including phenoxy) is 1. The number of rotatable bonds is 12. The highest BCUT2D eigenvalue weighted by molar-refractivity contribution is 5.05. The van der Waals surface area contributed by atoms with Gasteiger partial charge in [0.25, 0.3) is 0 Å². The summed E-state index contributed by atoms with van der Waals surface area (Å²) in [5.41, 5.74) is -0.453. The highest BCUT2D eigenvalue weighted by Gasteiger charge is 2.38. The van der Waals surface area contributed by atoms with Crippen LogP contribution >= 0.6 is 0 Å². The topological polar surface area (TPSA) is 33.0 Å². The molecule has 0 unspecified atom stereocenters. The Kier molecular flexibility index (Phi) is 10.7. The summed E-state index contributed by atoms with van der Waals surface area (Å²) in [6, 6.07) is 2.55. The molecule has 0 amide bonds. The van der Waals surface area contributed by atoms with Gasteiger partial charge in [0.05, 0.1) is 6.07 Å². The maximum atomic E-state index is 9.71. The molecule has 0 atom stereocenters. The van der Waals surface area contributed by atoms with Gasteiger partial charge < -0.3 is 4.74 Å². The third-order valence-corrected chi connectivity index (χ3v) is 6.98. The molecule has 0 aromatic carbocycles. The summed E-state index contributed by atoms with van der Waals surface area (Å²) >= 11 is 0. The second-order valence-corrected chi connectivity index (χ2v) is 9.02. The van der Waals surface area contributed by atoms with Gasteiger partial charge in [-0.2, -0.15) is 5.26 Å². The minimum Gasteiger partial charge on any atom is -0.360 e. The van der Waals surface area contributed by atoms with E-state index in [9.17, 15) is 5.26 Å². The number of nitrogens with zero attached hydrogens (tertiary/aromatic N) is 1. The highest BCUT2D eigenvalue weighted by Crippen LogP contribution is 2.42. The number of unbranched alkanes of at least 4 members (excludes halogenated alkanes) is 8. The second kappa shape index (κ2) is 12.8. The molecule has 0 aliphatic heterocycles. The lowest BCUT2D eigenvalue weighted by Crippen LogP contribution is -2.38. The minimum absolute atomic E-state index is 0.453. The lowest BCUT2D eigenvalue weighted by molar-refractivity contribution is -0.0448. The van der Waals surface area contributed by atoms with Gasteiger partial charge in [-0.3, -0.25) is 0 Å². The largest absolute Gasteiger partial charge is 0.360 e. The van der Waals surface area contributed by atoms with Crippen molar-refractivity contribution in [1.82, 2.24) is 0 Å². The standard InChI is InChI=1S/C24H43NO/c1-2-3-4-5-6-7-8-9-13-20-26-24(21-25)18-16-23(17-19-24)22-14-11-10-12-15-22/h22-23H,2-20H2,1H3/t23-,24-. The van der Waals surface area contributed by atoms with Crippen molar-refractivity contribution in [2.75, 3.05) is 6.61 Å². The number of nitriles is 1. The predicted molar refractivity (Wildman–Crippen MR) is 110 cm³/mol. The molecular formula is C24H43NO. The molecule has 0 aromatic heterocycles. The van der Waals surface area contributed by atoms with Gasteiger partial charge in [0, 0.05) is 6.61 Å². The lowest BCUT2D eigenvalue weighted by Gasteiger charge is -2.39. The van der Waals surface area contributed by atoms with Crippen molar-refractivity contribution >= 4 is 0 Å². The summed E-state index contributed by atoms with van der Waals surface area (Å²) in [5, 5.41) is 9.71. The molecule has 0 bridgehead atoms. The monoisotopic (exact) mass is 361 g/mol. The summed E-state index contributed by atoms with van der Waals surface area (Å²) in [6.45, 7) is 3.06. The molecule has 2 rings (SSSR count). The zero-order chi connectivity index (χ0) is 18.5. The van der Waals surface area contributed by atoms with Gasteiger partial charge in [-0.05, 0) is 43.9 Å². The van der Waals surface area contributed by atoms with E-state index >= 15 is 0 Å². The van der Waals surface area contributed by atoms with Crippen LogP contribution in [0.25, 0.3) is 0 Å². The Morgan fingerprint density at radius 3 is 1.88 bits per heavy atom. The molecule has 2 nitrogen and oxygen atoms in total. The van der Waals surface area contributed by atoms with E-state index in [-0.39, 0.29) is 0 Å². The molecule has 0 radical (unpaired) electrons. The third kappa shape index (κ3) is 7.59. The second-order valence-electron chi connectivity index (χ2n) is 9.02. The van der Waals surface area contributed by atoms with Crippen molar-refractivity contribution in [3.05, 3.63) is 0 Å². The fraction of sp³-hybridized carbons (Fsp3) is 0.958. The van der Waals surface area contributed by atoms with Gasteiger partial charge in [0.1, 0.15) is 0 Å². The Morgan fingerprint density at radius 2 is 1.31 bits per heavy atom. The SMILES string of the molecule is CCCCCCCCCCCO[C@]1(C#N)CC[C@@H](C2CCCCC2)CC1. The van der Waals surface area contributed by atoms with Crippen LogP contribution < -0.4 is 0 Å². The molecule has 2 aliphatic rings. The van der Waals surface area contributed by atoms with Crippen LogP contribution in [0.1, 0.15) is 122 Å². The van der Waals surface area contributed by atoms with E-state index in [4.69, 9.17) is 4.74 Å². The van der Waals surface area contributed by atoms with Gasteiger partial charge in [-0.1, -0.05) is 90.4 Å². The molecule has 0 aromatic rings. The molecule has 2 saturated carbocycles. The van der Waals surface area contributed by atoms with E-state index in [2.05, 4.69) is 13.0 Å². The Labute approximate surface area is 163 Å². The maximum absolute atomic E-state index is 9.71. The van der Waals surface area contributed by atoms with Crippen molar-refractivity contribution in [2.24, 2.45) is 11.8 Å². The molecule has 2 aliphatic carbocycles. The minimum atomic E-state index is -0.453. The highest BCUT2D eigenvalue weighted by atomic mass is 16.5. The van der Waals surface area contributed by atoms with Crippen LogP contribution in [-0.4, -0.2) is 12.2 Å². The zero-order valence-electron chi connectivity index (χ0n) is 17.4. The third-order valence-electron chi connectivity index (χ3n) is 6.98. The summed E-state index contributed by atoms with van der Waals surface area (Å²) in [7, 11) is 0. The molecule has 0 heterocycles. The fourth-order valence-corrected chi connectivity index (χ4v) is 5.15. The molecule has 0 saturated heterocycles. The first kappa shape index (κ1) is 21.7. The summed E-state index contributed by atoms with van der Waals surface area (Å²) in [6.07, 6.45) is 23.6. The molecule has 2 fully saturated rings. The maximum Gasteiger partial charge on any atom is 0.154 e. The molecule has 150 valence electrons. The quantitative estimate of drug-likeness (QED) is 0.336. The van der Waals surface area contributed by atoms with E-state index in [1.54, 1.807) is 0 Å². The van der Waals surface area contributed by atoms with Crippen LogP contribution in [0.2, 0.25) is 0 Å². The van der Waals surface area contributed by atoms with Crippen molar-refractivity contribution in [1.29, 1.82) is 5.26 Å². The molecule has 2 heteroatoms. The molecule has 0 N–H and O–H groups in total. The average molecular weight is 362 g/mol. The zero-order valence-corrected chi connectivity index (χ0v) is 17.4. The van der Waals surface area contributed by atoms with E-state index in [1.807, 2.05) is 0 Å². The van der Waals surface area contributed by atoms with Crippen LogP contribution in [0.4, 0.5) is 0 Å². The van der Waals surface area contributed by atoms with Crippen molar-refractivity contribution in [3.63, 3.8) is 0 Å². The van der Waals surface area contributed by atoms with Crippen molar-refractivity contribution < 1.29 is 4.74 Å². The number of hydrogen-bond donors (Lipinski definition) is 0. The van der Waals surface area contributed by atoms with Gasteiger partial charge in [-0.25, -0.2) is 0 Å². The Hall–Kier alpha value is -0.550. The number of hydrogen-bond acceptors (Lipinski definition) is 2. The predicted octanol–water partition coefficient (Wildman–Crippen LogP) is 7.57. The van der Waals surface area contributed by atoms with Gasteiger partial charge in [0.2, 0.25) is 0 Å². The van der Waals surface area contributed by atoms with Gasteiger partial charge in [0.15, 0.2) is 5.60 Å². The van der Waals surface area contributed by atoms with Crippen molar-refractivity contribution in [2.45, 2.75) is 128 Å². The smallest absolute Gasteiger partial charge is 0.154 e. The van der Waals surface area contributed by atoms with Crippen LogP contribution in [0, 0.1) is 23.2 Å². The fourth-order valence-electron chi connectivity index (χ4n) is 5.15. The van der Waals surface area contributed by atoms with Crippen LogP contribution in [0.5, 0.6) is 0 Å². The molecule has 26 heavy (non-hydrogen) atoms. The Morgan fingerprint density at radius 1 is 0.769 bits per heavy atom. The van der Waals surface area contributed by atoms with E-state index in [0.29, 0.717) is 0 Å². The average Bonchev–Trinajstić information content (AvgIpc) is 2.70. The van der Waals surface area contributed by atoms with E-state index < -0.39 is 5.60 Å². The summed E-state index contributed by atoms with van der Waals surface area (Å²) < 4.78 is 6.15. The first-order chi connectivity index (χ1) is 12.8. The molecular weight excluding hydrogens is 318 g/mol. The Bertz CT molecular complexity index is 386. The first-order valence-electron chi connectivity index (χ1n) is 11.8. The van der Waals surface area contributed by atoms with Crippen LogP contribution in [0.3, 0.4) is 0 Å². The van der Waals surface area contributed by atoms with E-state index in [0.717, 1.165) is 37.7 Å². The summed E-state index contributed by atoms with van der Waals surface area (Å²) in [5.74, 6) is 1.81. The van der Waals surface area contributed by atoms with Crippen LogP contribution in [-0.2, 0) is 4.74 Å². The first-order valence-corrected chi connectivity index (χ1v) is 11.8. The van der Waals surface area contributed by atoms with Gasteiger partial charge in [-0.15, -0.1) is 0 Å². The summed E-state index contributed by atoms with van der Waals surface area (Å²) in [4.78, 5) is 0. The molecule has 0 spiro atoms. The Balaban J connectivity index is 1.53. The van der Waals surface area contributed by atoms with Gasteiger partial charge >= 0.3 is 0 Å². The van der Waals surface area contributed by atoms with Crippen LogP contribution in [0.15, 0.2) is 0 Å². The normalized spacial score (nSPS) is 27.3. The van der Waals surface area contributed by atoms with E-state index in [1.165, 1.54) is 96.3 Å². The lowest BCUT2D eigenvalue weighted by atomic mass is 9.70.